The van der Waals surface area contributed by atoms with Crippen LogP contribution in [0.1, 0.15) is 23.2 Å². The van der Waals surface area contributed by atoms with Gasteiger partial charge in [-0.1, -0.05) is 0 Å². The molecule has 1 aromatic heterocycles. The molecule has 1 fully saturated rings. The lowest BCUT2D eigenvalue weighted by molar-refractivity contribution is 0.0672. The number of aliphatic hydroxyl groups excluding tert-OH is 1. The van der Waals surface area contributed by atoms with E-state index in [0.29, 0.717) is 6.54 Å². The Morgan fingerprint density at radius 1 is 1.69 bits per heavy atom. The fraction of sp³-hybridized carbons (Fsp3) is 0.455. The van der Waals surface area contributed by atoms with Gasteiger partial charge in [0.15, 0.2) is 0 Å². The van der Waals surface area contributed by atoms with Gasteiger partial charge < -0.3 is 10.0 Å². The molecule has 1 aliphatic rings. The summed E-state index contributed by atoms with van der Waals surface area (Å²) in [6.07, 6.45) is 2.92. The van der Waals surface area contributed by atoms with Crippen LogP contribution in [0.15, 0.2) is 18.3 Å². The zero-order chi connectivity index (χ0) is 11.5. The molecule has 0 aliphatic carbocycles. The normalized spacial score (nSPS) is 20.1. The highest BCUT2D eigenvalue weighted by Crippen LogP contribution is 2.20. The van der Waals surface area contributed by atoms with E-state index in [-0.39, 0.29) is 24.1 Å². The van der Waals surface area contributed by atoms with Crippen molar-refractivity contribution >= 4 is 5.91 Å². The third-order valence-electron chi connectivity index (χ3n) is 2.84. The Bertz CT molecular complexity index is 397. The van der Waals surface area contributed by atoms with Crippen molar-refractivity contribution in [2.45, 2.75) is 18.9 Å². The van der Waals surface area contributed by atoms with Gasteiger partial charge in [0.25, 0.3) is 5.91 Å². The van der Waals surface area contributed by atoms with E-state index in [9.17, 15) is 9.18 Å². The summed E-state index contributed by atoms with van der Waals surface area (Å²) in [4.78, 5) is 16.9. The molecule has 5 heteroatoms. The van der Waals surface area contributed by atoms with Crippen LogP contribution >= 0.6 is 0 Å². The number of aromatic nitrogens is 1. The number of amides is 1. The van der Waals surface area contributed by atoms with Crippen LogP contribution in [-0.2, 0) is 0 Å². The minimum absolute atomic E-state index is 0.0251. The van der Waals surface area contributed by atoms with E-state index < -0.39 is 5.95 Å². The summed E-state index contributed by atoms with van der Waals surface area (Å²) < 4.78 is 13.3. The van der Waals surface area contributed by atoms with E-state index in [4.69, 9.17) is 5.11 Å². The molecule has 0 saturated carbocycles. The second-order valence-corrected chi connectivity index (χ2v) is 3.82. The fourth-order valence-corrected chi connectivity index (χ4v) is 1.99. The Balaban J connectivity index is 2.22. The number of pyridine rings is 1. The van der Waals surface area contributed by atoms with E-state index >= 15 is 0 Å². The summed E-state index contributed by atoms with van der Waals surface area (Å²) in [6, 6.07) is 2.75. The van der Waals surface area contributed by atoms with Gasteiger partial charge in [-0.2, -0.15) is 4.39 Å². The first-order valence-electron chi connectivity index (χ1n) is 5.26. The Morgan fingerprint density at radius 2 is 2.50 bits per heavy atom. The first-order chi connectivity index (χ1) is 7.74. The lowest BCUT2D eigenvalue weighted by Crippen LogP contribution is -2.38. The molecule has 1 atom stereocenters. The van der Waals surface area contributed by atoms with Crippen LogP contribution in [0.2, 0.25) is 0 Å². The molecule has 2 heterocycles. The number of carbonyl (C=O) groups is 1. The summed E-state index contributed by atoms with van der Waals surface area (Å²) in [5.41, 5.74) is -0.0251. The molecule has 0 radical (unpaired) electrons. The highest BCUT2D eigenvalue weighted by atomic mass is 19.1. The summed E-state index contributed by atoms with van der Waals surface area (Å²) in [7, 11) is 0. The number of carbonyl (C=O) groups excluding carboxylic acids is 1. The van der Waals surface area contributed by atoms with Crippen molar-refractivity contribution in [3.63, 3.8) is 0 Å². The predicted molar refractivity (Wildman–Crippen MR) is 55.3 cm³/mol. The maximum Gasteiger partial charge on any atom is 0.258 e. The molecule has 1 aliphatic heterocycles. The maximum atomic E-state index is 13.3. The topological polar surface area (TPSA) is 53.4 Å². The highest BCUT2D eigenvalue weighted by molar-refractivity contribution is 5.94. The fourth-order valence-electron chi connectivity index (χ4n) is 1.99. The lowest BCUT2D eigenvalue weighted by atomic mass is 10.2. The lowest BCUT2D eigenvalue weighted by Gasteiger charge is -2.22. The van der Waals surface area contributed by atoms with Gasteiger partial charge in [0.1, 0.15) is 0 Å². The van der Waals surface area contributed by atoms with Crippen molar-refractivity contribution in [3.8, 4) is 0 Å². The number of aliphatic hydroxyl groups is 1. The van der Waals surface area contributed by atoms with Crippen LogP contribution < -0.4 is 0 Å². The molecule has 0 bridgehead atoms. The molecule has 0 spiro atoms. The monoisotopic (exact) mass is 224 g/mol. The smallest absolute Gasteiger partial charge is 0.258 e. The molecule has 86 valence electrons. The Morgan fingerprint density at radius 3 is 3.19 bits per heavy atom. The van der Waals surface area contributed by atoms with Crippen molar-refractivity contribution in [1.29, 1.82) is 0 Å². The van der Waals surface area contributed by atoms with Gasteiger partial charge >= 0.3 is 0 Å². The van der Waals surface area contributed by atoms with Crippen LogP contribution in [0.3, 0.4) is 0 Å². The molecule has 16 heavy (non-hydrogen) atoms. The molecular formula is C11H13FN2O2. The zero-order valence-corrected chi connectivity index (χ0v) is 8.77. The number of hydrogen-bond donors (Lipinski definition) is 1. The number of likely N-dealkylation sites (tertiary alicyclic amines) is 1. The van der Waals surface area contributed by atoms with Gasteiger partial charge in [-0.05, 0) is 25.0 Å². The Kier molecular flexibility index (Phi) is 3.14. The van der Waals surface area contributed by atoms with Gasteiger partial charge in [-0.25, -0.2) is 4.98 Å². The molecule has 4 nitrogen and oxygen atoms in total. The maximum absolute atomic E-state index is 13.3. The number of rotatable bonds is 2. The van der Waals surface area contributed by atoms with Crippen LogP contribution in [0.5, 0.6) is 0 Å². The summed E-state index contributed by atoms with van der Waals surface area (Å²) in [6.45, 7) is 0.492. The molecule has 1 aromatic rings. The zero-order valence-electron chi connectivity index (χ0n) is 8.77. The number of nitrogens with zero attached hydrogens (tertiary/aromatic N) is 2. The second kappa shape index (κ2) is 4.57. The summed E-state index contributed by atoms with van der Waals surface area (Å²) in [5, 5.41) is 9.10. The molecular weight excluding hydrogens is 211 g/mol. The molecule has 2 rings (SSSR count). The molecule has 1 unspecified atom stereocenters. The Hall–Kier alpha value is -1.49. The third kappa shape index (κ3) is 1.90. The molecule has 1 saturated heterocycles. The highest BCUT2D eigenvalue weighted by Gasteiger charge is 2.30. The van der Waals surface area contributed by atoms with Crippen LogP contribution in [0.25, 0.3) is 0 Å². The largest absolute Gasteiger partial charge is 0.394 e. The van der Waals surface area contributed by atoms with Crippen molar-refractivity contribution < 1.29 is 14.3 Å². The minimum Gasteiger partial charge on any atom is -0.394 e. The molecule has 1 N–H and O–H groups in total. The van der Waals surface area contributed by atoms with E-state index in [1.54, 1.807) is 0 Å². The van der Waals surface area contributed by atoms with Crippen molar-refractivity contribution in [2.75, 3.05) is 13.2 Å². The van der Waals surface area contributed by atoms with Gasteiger partial charge in [0.05, 0.1) is 18.2 Å². The molecule has 0 aromatic carbocycles. The Labute approximate surface area is 92.7 Å². The SMILES string of the molecule is O=C(c1cccnc1F)N1CCCC1CO. The van der Waals surface area contributed by atoms with Crippen LogP contribution in [0.4, 0.5) is 4.39 Å². The van der Waals surface area contributed by atoms with Crippen LogP contribution in [0, 0.1) is 5.95 Å². The van der Waals surface area contributed by atoms with E-state index in [1.165, 1.54) is 23.2 Å². The van der Waals surface area contributed by atoms with Crippen molar-refractivity contribution in [3.05, 3.63) is 29.8 Å². The number of hydrogen-bond acceptors (Lipinski definition) is 3. The first kappa shape index (κ1) is 11.0. The van der Waals surface area contributed by atoms with E-state index in [1.807, 2.05) is 0 Å². The first-order valence-corrected chi connectivity index (χ1v) is 5.26. The van der Waals surface area contributed by atoms with E-state index in [2.05, 4.69) is 4.98 Å². The van der Waals surface area contributed by atoms with Gasteiger partial charge in [0.2, 0.25) is 5.95 Å². The third-order valence-corrected chi connectivity index (χ3v) is 2.84. The second-order valence-electron chi connectivity index (χ2n) is 3.82. The van der Waals surface area contributed by atoms with Gasteiger partial charge in [0, 0.05) is 12.7 Å². The van der Waals surface area contributed by atoms with Crippen LogP contribution in [-0.4, -0.2) is 40.1 Å². The number of halogens is 1. The average Bonchev–Trinajstić information content (AvgIpc) is 2.77. The standard InChI is InChI=1S/C11H13FN2O2/c12-10-9(4-1-5-13-10)11(16)14-6-2-3-8(14)7-15/h1,4-5,8,15H,2-3,6-7H2. The van der Waals surface area contributed by atoms with Crippen molar-refractivity contribution in [1.82, 2.24) is 9.88 Å². The van der Waals surface area contributed by atoms with Gasteiger partial charge in [-0.3, -0.25) is 4.79 Å². The van der Waals surface area contributed by atoms with Gasteiger partial charge in [-0.15, -0.1) is 0 Å². The minimum atomic E-state index is -0.754. The summed E-state index contributed by atoms with van der Waals surface area (Å²) in [5.74, 6) is -1.14. The van der Waals surface area contributed by atoms with Crippen molar-refractivity contribution in [2.24, 2.45) is 0 Å². The van der Waals surface area contributed by atoms with E-state index in [0.717, 1.165) is 12.8 Å². The average molecular weight is 224 g/mol. The summed E-state index contributed by atoms with van der Waals surface area (Å²) >= 11 is 0. The predicted octanol–water partition coefficient (Wildman–Crippen LogP) is 0.818. The quantitative estimate of drug-likeness (QED) is 0.756. The molecule has 1 amide bonds.